The van der Waals surface area contributed by atoms with Gasteiger partial charge in [0.1, 0.15) is 0 Å². The molecule has 0 spiro atoms. The van der Waals surface area contributed by atoms with E-state index in [1.54, 1.807) is 29.2 Å². The predicted molar refractivity (Wildman–Crippen MR) is 128 cm³/mol. The molecular weight excluding hydrogens is 418 g/mol. The van der Waals surface area contributed by atoms with Gasteiger partial charge in [-0.2, -0.15) is 5.10 Å². The average Bonchev–Trinajstić information content (AvgIpc) is 2.86. The van der Waals surface area contributed by atoms with Crippen molar-refractivity contribution in [2.75, 3.05) is 18.1 Å². The number of aromatic nitrogens is 2. The number of nitrogens with zero attached hydrogens (tertiary/aromatic N) is 3. The maximum Gasteiger partial charge on any atom is 0.359 e. The van der Waals surface area contributed by atoms with Gasteiger partial charge in [-0.05, 0) is 37.0 Å². The van der Waals surface area contributed by atoms with Crippen LogP contribution in [0.25, 0.3) is 10.8 Å². The van der Waals surface area contributed by atoms with E-state index in [4.69, 9.17) is 4.74 Å². The normalized spacial score (nSPS) is 13.1. The molecule has 0 saturated carbocycles. The van der Waals surface area contributed by atoms with Crippen molar-refractivity contribution in [3.63, 3.8) is 0 Å². The van der Waals surface area contributed by atoms with Gasteiger partial charge in [-0.25, -0.2) is 9.48 Å². The third kappa shape index (κ3) is 4.97. The first-order valence-corrected chi connectivity index (χ1v) is 11.7. The van der Waals surface area contributed by atoms with Crippen LogP contribution in [0.2, 0.25) is 0 Å². The molecule has 172 valence electrons. The van der Waals surface area contributed by atoms with Crippen LogP contribution in [0.15, 0.2) is 53.3 Å². The van der Waals surface area contributed by atoms with Gasteiger partial charge < -0.3 is 9.64 Å². The molecule has 1 aromatic heterocycles. The Morgan fingerprint density at radius 3 is 2.58 bits per heavy atom. The van der Waals surface area contributed by atoms with Crippen molar-refractivity contribution in [3.8, 4) is 0 Å². The van der Waals surface area contributed by atoms with Crippen molar-refractivity contribution in [2.24, 2.45) is 0 Å². The van der Waals surface area contributed by atoms with Crippen LogP contribution in [-0.4, -0.2) is 34.8 Å². The van der Waals surface area contributed by atoms with E-state index in [9.17, 15) is 14.4 Å². The van der Waals surface area contributed by atoms with Crippen molar-refractivity contribution in [3.05, 3.63) is 70.1 Å². The number of anilines is 1. The van der Waals surface area contributed by atoms with Crippen LogP contribution < -0.4 is 10.5 Å². The Morgan fingerprint density at radius 2 is 1.76 bits per heavy atom. The first-order chi connectivity index (χ1) is 16.1. The molecule has 7 heteroatoms. The molecule has 2 heterocycles. The Balaban J connectivity index is 1.52. The SMILES string of the molecule is CCCCCCn1nc(C(=O)OCC(=O)N2CCCc3ccccc32)c2ccccc2c1=O. The molecule has 0 aliphatic carbocycles. The number of ether oxygens (including phenoxy) is 1. The highest BCUT2D eigenvalue weighted by Crippen LogP contribution is 2.26. The Kier molecular flexibility index (Phi) is 7.17. The number of amides is 1. The average molecular weight is 448 g/mol. The third-order valence-electron chi connectivity index (χ3n) is 6.02. The molecule has 0 saturated heterocycles. The fourth-order valence-electron chi connectivity index (χ4n) is 4.29. The monoisotopic (exact) mass is 447 g/mol. The summed E-state index contributed by atoms with van der Waals surface area (Å²) < 4.78 is 6.74. The van der Waals surface area contributed by atoms with Crippen molar-refractivity contribution in [1.82, 2.24) is 9.78 Å². The van der Waals surface area contributed by atoms with Crippen LogP contribution in [0.5, 0.6) is 0 Å². The molecule has 0 unspecified atom stereocenters. The standard InChI is InChI=1S/C26H29N3O4/c1-2-3-4-9-17-29-25(31)21-14-7-6-13-20(21)24(27-29)26(32)33-18-23(30)28-16-10-12-19-11-5-8-15-22(19)28/h5-8,11,13-15H,2-4,9-10,12,16-18H2,1H3. The molecule has 0 bridgehead atoms. The van der Waals surface area contributed by atoms with Crippen LogP contribution >= 0.6 is 0 Å². The van der Waals surface area contributed by atoms with Crippen LogP contribution in [0.1, 0.15) is 55.1 Å². The summed E-state index contributed by atoms with van der Waals surface area (Å²) in [4.78, 5) is 40.3. The van der Waals surface area contributed by atoms with Crippen molar-refractivity contribution >= 4 is 28.3 Å². The summed E-state index contributed by atoms with van der Waals surface area (Å²) in [5.74, 6) is -0.972. The summed E-state index contributed by atoms with van der Waals surface area (Å²) in [6.45, 7) is 2.78. The zero-order chi connectivity index (χ0) is 23.2. The largest absolute Gasteiger partial charge is 0.451 e. The summed E-state index contributed by atoms with van der Waals surface area (Å²) in [7, 11) is 0. The molecule has 33 heavy (non-hydrogen) atoms. The molecule has 0 fully saturated rings. The van der Waals surface area contributed by atoms with Crippen LogP contribution in [0.4, 0.5) is 5.69 Å². The van der Waals surface area contributed by atoms with Gasteiger partial charge in [0.05, 0.1) is 5.39 Å². The molecular formula is C26H29N3O4. The van der Waals surface area contributed by atoms with Gasteiger partial charge in [-0.15, -0.1) is 0 Å². The first-order valence-electron chi connectivity index (χ1n) is 11.7. The van der Waals surface area contributed by atoms with E-state index in [0.717, 1.165) is 49.8 Å². The summed E-state index contributed by atoms with van der Waals surface area (Å²) in [5, 5.41) is 5.19. The number of hydrogen-bond donors (Lipinski definition) is 0. The zero-order valence-corrected chi connectivity index (χ0v) is 19.0. The number of hydrogen-bond acceptors (Lipinski definition) is 5. The molecule has 2 aromatic carbocycles. The number of carbonyl (C=O) groups is 2. The predicted octanol–water partition coefficient (Wildman–Crippen LogP) is 4.11. The van der Waals surface area contributed by atoms with Gasteiger partial charge in [0.15, 0.2) is 12.3 Å². The van der Waals surface area contributed by atoms with Gasteiger partial charge in [-0.3, -0.25) is 9.59 Å². The van der Waals surface area contributed by atoms with E-state index in [0.29, 0.717) is 23.9 Å². The summed E-state index contributed by atoms with van der Waals surface area (Å²) in [6, 6.07) is 14.7. The second kappa shape index (κ2) is 10.4. The minimum absolute atomic E-state index is 0.0625. The Labute approximate surface area is 193 Å². The van der Waals surface area contributed by atoms with Gasteiger partial charge >= 0.3 is 5.97 Å². The Bertz CT molecular complexity index is 1220. The molecule has 1 amide bonds. The van der Waals surface area contributed by atoms with E-state index >= 15 is 0 Å². The van der Waals surface area contributed by atoms with Crippen molar-refractivity contribution in [1.29, 1.82) is 0 Å². The fraction of sp³-hybridized carbons (Fsp3) is 0.385. The van der Waals surface area contributed by atoms with Crippen LogP contribution in [0.3, 0.4) is 0 Å². The first kappa shape index (κ1) is 22.7. The molecule has 0 atom stereocenters. The Morgan fingerprint density at radius 1 is 1.00 bits per heavy atom. The van der Waals surface area contributed by atoms with Crippen LogP contribution in [-0.2, 0) is 22.5 Å². The molecule has 4 rings (SSSR count). The molecule has 3 aromatic rings. The van der Waals surface area contributed by atoms with E-state index < -0.39 is 5.97 Å². The number of carbonyl (C=O) groups excluding carboxylic acids is 2. The maximum absolute atomic E-state index is 13.0. The van der Waals surface area contributed by atoms with Gasteiger partial charge in [0.2, 0.25) is 0 Å². The lowest BCUT2D eigenvalue weighted by molar-refractivity contribution is -0.121. The number of rotatable bonds is 8. The maximum atomic E-state index is 13.0. The lowest BCUT2D eigenvalue weighted by atomic mass is 10.0. The summed E-state index contributed by atoms with van der Waals surface area (Å²) in [5.41, 5.74) is 1.83. The van der Waals surface area contributed by atoms with Gasteiger partial charge in [-0.1, -0.05) is 62.6 Å². The number of esters is 1. The van der Waals surface area contributed by atoms with Crippen LogP contribution in [0, 0.1) is 0 Å². The molecule has 0 N–H and O–H groups in total. The Hall–Kier alpha value is -3.48. The highest BCUT2D eigenvalue weighted by molar-refractivity contribution is 6.03. The molecule has 1 aliphatic heterocycles. The van der Waals surface area contributed by atoms with Gasteiger partial charge in [0, 0.05) is 24.2 Å². The number of unbranched alkanes of at least 4 members (excludes halogenated alkanes) is 3. The minimum atomic E-state index is -0.702. The number of benzene rings is 2. The van der Waals surface area contributed by atoms with E-state index in [-0.39, 0.29) is 23.8 Å². The summed E-state index contributed by atoms with van der Waals surface area (Å²) >= 11 is 0. The highest BCUT2D eigenvalue weighted by atomic mass is 16.5. The molecule has 0 radical (unpaired) electrons. The number of aryl methyl sites for hydroxylation is 2. The van der Waals surface area contributed by atoms with Gasteiger partial charge in [0.25, 0.3) is 11.5 Å². The van der Waals surface area contributed by atoms with E-state index in [1.165, 1.54) is 4.68 Å². The molecule has 7 nitrogen and oxygen atoms in total. The minimum Gasteiger partial charge on any atom is -0.451 e. The smallest absolute Gasteiger partial charge is 0.359 e. The quantitative estimate of drug-likeness (QED) is 0.383. The molecule has 1 aliphatic rings. The third-order valence-corrected chi connectivity index (χ3v) is 6.02. The topological polar surface area (TPSA) is 81.5 Å². The van der Waals surface area contributed by atoms with E-state index in [1.807, 2.05) is 24.3 Å². The summed E-state index contributed by atoms with van der Waals surface area (Å²) in [6.07, 6.45) is 5.76. The lowest BCUT2D eigenvalue weighted by Crippen LogP contribution is -2.38. The highest BCUT2D eigenvalue weighted by Gasteiger charge is 2.24. The van der Waals surface area contributed by atoms with E-state index in [2.05, 4.69) is 12.0 Å². The second-order valence-electron chi connectivity index (χ2n) is 8.34. The number of para-hydroxylation sites is 1. The zero-order valence-electron chi connectivity index (χ0n) is 19.0. The lowest BCUT2D eigenvalue weighted by Gasteiger charge is -2.29. The second-order valence-corrected chi connectivity index (χ2v) is 8.34. The van der Waals surface area contributed by atoms with Crippen molar-refractivity contribution in [2.45, 2.75) is 52.0 Å². The fourth-order valence-corrected chi connectivity index (χ4v) is 4.29. The van der Waals surface area contributed by atoms with Crippen molar-refractivity contribution < 1.29 is 14.3 Å². The number of fused-ring (bicyclic) bond motifs is 2.